The highest BCUT2D eigenvalue weighted by Crippen LogP contribution is 2.22. The maximum Gasteiger partial charge on any atom is 0.113 e. The summed E-state index contributed by atoms with van der Waals surface area (Å²) < 4.78 is 3.03. The van der Waals surface area contributed by atoms with E-state index < -0.39 is 0 Å². The van der Waals surface area contributed by atoms with Crippen LogP contribution in [0.3, 0.4) is 0 Å². The van der Waals surface area contributed by atoms with Crippen LogP contribution in [0.25, 0.3) is 11.3 Å². The first-order valence-corrected chi connectivity index (χ1v) is 6.51. The van der Waals surface area contributed by atoms with Crippen molar-refractivity contribution >= 4 is 15.9 Å². The summed E-state index contributed by atoms with van der Waals surface area (Å²) >= 11 is 3.47. The predicted molar refractivity (Wildman–Crippen MR) is 69.7 cm³/mol. The van der Waals surface area contributed by atoms with Crippen molar-refractivity contribution in [2.45, 2.75) is 12.5 Å². The number of aromatic nitrogens is 3. The van der Waals surface area contributed by atoms with Gasteiger partial charge in [-0.1, -0.05) is 33.3 Å². The molecule has 1 saturated heterocycles. The fourth-order valence-electron chi connectivity index (χ4n) is 2.10. The Bertz CT molecular complexity index is 517. The van der Waals surface area contributed by atoms with Crippen LogP contribution in [0.5, 0.6) is 0 Å². The molecule has 0 radical (unpaired) electrons. The fourth-order valence-corrected chi connectivity index (χ4v) is 2.50. The summed E-state index contributed by atoms with van der Waals surface area (Å²) in [5.41, 5.74) is 2.02. The van der Waals surface area contributed by atoms with Gasteiger partial charge in [-0.2, -0.15) is 0 Å². The minimum atomic E-state index is 0.448. The van der Waals surface area contributed by atoms with Crippen LogP contribution < -0.4 is 5.32 Å². The van der Waals surface area contributed by atoms with Gasteiger partial charge in [-0.15, -0.1) is 5.10 Å². The van der Waals surface area contributed by atoms with Crippen molar-refractivity contribution in [3.63, 3.8) is 0 Å². The third kappa shape index (κ3) is 2.25. The third-order valence-electron chi connectivity index (χ3n) is 3.04. The number of rotatable bonds is 2. The van der Waals surface area contributed by atoms with E-state index in [0.717, 1.165) is 35.2 Å². The Kier molecular flexibility index (Phi) is 2.94. The zero-order valence-corrected chi connectivity index (χ0v) is 10.9. The lowest BCUT2D eigenvalue weighted by molar-refractivity contribution is 0.476. The molecular formula is C12H13BrN4. The standard InChI is InChI=1S/C12H13BrN4/c13-10-3-1-2-9(6-10)12-8-17(16-15-12)11-4-5-14-7-11/h1-3,6,8,11,14H,4-5,7H2. The van der Waals surface area contributed by atoms with E-state index in [1.807, 2.05) is 29.1 Å². The molecule has 2 heterocycles. The summed E-state index contributed by atoms with van der Waals surface area (Å²) in [5.74, 6) is 0. The monoisotopic (exact) mass is 292 g/mol. The maximum atomic E-state index is 4.24. The molecule has 1 fully saturated rings. The molecule has 0 aliphatic carbocycles. The molecular weight excluding hydrogens is 280 g/mol. The summed E-state index contributed by atoms with van der Waals surface area (Å²) in [6, 6.07) is 8.57. The van der Waals surface area contributed by atoms with Crippen molar-refractivity contribution in [3.05, 3.63) is 34.9 Å². The molecule has 4 nitrogen and oxygen atoms in total. The summed E-state index contributed by atoms with van der Waals surface area (Å²) in [4.78, 5) is 0. The molecule has 1 aromatic heterocycles. The van der Waals surface area contributed by atoms with Crippen molar-refractivity contribution in [2.24, 2.45) is 0 Å². The van der Waals surface area contributed by atoms with Crippen molar-refractivity contribution in [1.82, 2.24) is 20.3 Å². The molecule has 0 spiro atoms. The van der Waals surface area contributed by atoms with Gasteiger partial charge in [-0.3, -0.25) is 0 Å². The van der Waals surface area contributed by atoms with Gasteiger partial charge in [0, 0.05) is 16.6 Å². The van der Waals surface area contributed by atoms with Gasteiger partial charge in [0.15, 0.2) is 0 Å². The smallest absolute Gasteiger partial charge is 0.113 e. The normalized spacial score (nSPS) is 19.7. The number of benzene rings is 1. The summed E-state index contributed by atoms with van der Waals surface area (Å²) in [5, 5.41) is 11.8. The van der Waals surface area contributed by atoms with E-state index in [9.17, 15) is 0 Å². The fraction of sp³-hybridized carbons (Fsp3) is 0.333. The first-order chi connectivity index (χ1) is 8.33. The molecule has 1 atom stereocenters. The van der Waals surface area contributed by atoms with Crippen molar-refractivity contribution in [2.75, 3.05) is 13.1 Å². The Morgan fingerprint density at radius 2 is 2.35 bits per heavy atom. The summed E-state index contributed by atoms with van der Waals surface area (Å²) in [7, 11) is 0. The van der Waals surface area contributed by atoms with Gasteiger partial charge < -0.3 is 5.32 Å². The Morgan fingerprint density at radius 3 is 3.12 bits per heavy atom. The second-order valence-electron chi connectivity index (χ2n) is 4.24. The van der Waals surface area contributed by atoms with Crippen LogP contribution in [-0.4, -0.2) is 28.1 Å². The van der Waals surface area contributed by atoms with Crippen LogP contribution in [-0.2, 0) is 0 Å². The summed E-state index contributed by atoms with van der Waals surface area (Å²) in [6.45, 7) is 2.05. The highest BCUT2D eigenvalue weighted by atomic mass is 79.9. The lowest BCUT2D eigenvalue weighted by atomic mass is 10.2. The molecule has 1 unspecified atom stereocenters. The number of nitrogens with zero attached hydrogens (tertiary/aromatic N) is 3. The van der Waals surface area contributed by atoms with Gasteiger partial charge in [0.05, 0.1) is 12.2 Å². The van der Waals surface area contributed by atoms with Gasteiger partial charge in [-0.05, 0) is 25.1 Å². The SMILES string of the molecule is Brc1cccc(-c2cn(C3CCNC3)nn2)c1. The molecule has 1 aliphatic rings. The molecule has 3 rings (SSSR count). The van der Waals surface area contributed by atoms with E-state index in [-0.39, 0.29) is 0 Å². The van der Waals surface area contributed by atoms with E-state index in [4.69, 9.17) is 0 Å². The van der Waals surface area contributed by atoms with Crippen LogP contribution in [0.2, 0.25) is 0 Å². The lowest BCUT2D eigenvalue weighted by Gasteiger charge is -2.06. The topological polar surface area (TPSA) is 42.7 Å². The minimum Gasteiger partial charge on any atom is -0.315 e. The second kappa shape index (κ2) is 4.58. The van der Waals surface area contributed by atoms with E-state index in [2.05, 4.69) is 37.6 Å². The van der Waals surface area contributed by atoms with Crippen LogP contribution >= 0.6 is 15.9 Å². The predicted octanol–water partition coefficient (Wildman–Crippen LogP) is 2.24. The average Bonchev–Trinajstić information content (AvgIpc) is 3.00. The quantitative estimate of drug-likeness (QED) is 0.923. The highest BCUT2D eigenvalue weighted by molar-refractivity contribution is 9.10. The number of hydrogen-bond donors (Lipinski definition) is 1. The van der Waals surface area contributed by atoms with Crippen LogP contribution in [0.15, 0.2) is 34.9 Å². The zero-order chi connectivity index (χ0) is 11.7. The van der Waals surface area contributed by atoms with Crippen molar-refractivity contribution in [3.8, 4) is 11.3 Å². The number of hydrogen-bond acceptors (Lipinski definition) is 3. The van der Waals surface area contributed by atoms with Gasteiger partial charge in [-0.25, -0.2) is 4.68 Å². The molecule has 88 valence electrons. The largest absolute Gasteiger partial charge is 0.315 e. The second-order valence-corrected chi connectivity index (χ2v) is 5.16. The van der Waals surface area contributed by atoms with Gasteiger partial charge >= 0.3 is 0 Å². The molecule has 0 amide bonds. The van der Waals surface area contributed by atoms with Gasteiger partial charge in [0.2, 0.25) is 0 Å². The van der Waals surface area contributed by atoms with Crippen molar-refractivity contribution in [1.29, 1.82) is 0 Å². The molecule has 1 aliphatic heterocycles. The molecule has 1 aromatic carbocycles. The maximum absolute atomic E-state index is 4.24. The van der Waals surface area contributed by atoms with Crippen LogP contribution in [0.1, 0.15) is 12.5 Å². The highest BCUT2D eigenvalue weighted by Gasteiger charge is 2.18. The lowest BCUT2D eigenvalue weighted by Crippen LogP contribution is -2.13. The number of nitrogens with one attached hydrogen (secondary N) is 1. The van der Waals surface area contributed by atoms with E-state index >= 15 is 0 Å². The van der Waals surface area contributed by atoms with Crippen LogP contribution in [0, 0.1) is 0 Å². The first-order valence-electron chi connectivity index (χ1n) is 5.71. The molecule has 0 saturated carbocycles. The first kappa shape index (κ1) is 10.9. The van der Waals surface area contributed by atoms with Gasteiger partial charge in [0.25, 0.3) is 0 Å². The van der Waals surface area contributed by atoms with Gasteiger partial charge in [0.1, 0.15) is 5.69 Å². The molecule has 2 aromatic rings. The molecule has 0 bridgehead atoms. The molecule has 1 N–H and O–H groups in total. The number of halogens is 1. The zero-order valence-electron chi connectivity index (χ0n) is 9.31. The average molecular weight is 293 g/mol. The molecule has 5 heteroatoms. The van der Waals surface area contributed by atoms with Crippen molar-refractivity contribution < 1.29 is 0 Å². The Labute approximate surface area is 108 Å². The summed E-state index contributed by atoms with van der Waals surface area (Å²) in [6.07, 6.45) is 3.15. The van der Waals surface area contributed by atoms with E-state index in [0.29, 0.717) is 6.04 Å². The van der Waals surface area contributed by atoms with E-state index in [1.54, 1.807) is 0 Å². The Morgan fingerprint density at radius 1 is 1.41 bits per heavy atom. The van der Waals surface area contributed by atoms with E-state index in [1.165, 1.54) is 0 Å². The van der Waals surface area contributed by atoms with Crippen LogP contribution in [0.4, 0.5) is 0 Å². The third-order valence-corrected chi connectivity index (χ3v) is 3.53. The molecule has 17 heavy (non-hydrogen) atoms. The Hall–Kier alpha value is -1.20. The Balaban J connectivity index is 1.89. The minimum absolute atomic E-state index is 0.448.